The number of anilines is 1. The lowest BCUT2D eigenvalue weighted by molar-refractivity contribution is -0.119. The molecule has 0 unspecified atom stereocenters. The summed E-state index contributed by atoms with van der Waals surface area (Å²) in [4.78, 5) is 27.9. The van der Waals surface area contributed by atoms with Crippen LogP contribution in [0.15, 0.2) is 76.7 Å². The molecular weight excluding hydrogens is 422 g/mol. The molecule has 0 radical (unpaired) electrons. The van der Waals surface area contributed by atoms with Gasteiger partial charge in [-0.3, -0.25) is 14.5 Å². The van der Waals surface area contributed by atoms with E-state index in [1.807, 2.05) is 60.0 Å². The summed E-state index contributed by atoms with van der Waals surface area (Å²) in [6, 6.07) is 16.5. The molecule has 0 saturated heterocycles. The fourth-order valence-corrected chi connectivity index (χ4v) is 4.72. The third-order valence-electron chi connectivity index (χ3n) is 5.65. The van der Waals surface area contributed by atoms with E-state index in [0.717, 1.165) is 22.3 Å². The van der Waals surface area contributed by atoms with Crippen molar-refractivity contribution in [1.29, 1.82) is 0 Å². The van der Waals surface area contributed by atoms with Gasteiger partial charge in [-0.05, 0) is 51.2 Å². The first-order chi connectivity index (χ1) is 15.4. The minimum Gasteiger partial charge on any atom is -0.503 e. The molecule has 1 aliphatic heterocycles. The third-order valence-corrected chi connectivity index (χ3v) is 6.33. The number of amides is 1. The van der Waals surface area contributed by atoms with Crippen molar-refractivity contribution in [2.24, 2.45) is 5.92 Å². The molecule has 1 aliphatic rings. The summed E-state index contributed by atoms with van der Waals surface area (Å²) in [5.74, 6) is -1.67. The van der Waals surface area contributed by atoms with E-state index in [9.17, 15) is 14.7 Å². The highest BCUT2D eigenvalue weighted by molar-refractivity contribution is 7.08. The Morgan fingerprint density at radius 2 is 1.81 bits per heavy atom. The van der Waals surface area contributed by atoms with Crippen molar-refractivity contribution in [1.82, 2.24) is 0 Å². The molecule has 1 amide bonds. The SMILES string of the molecule is COCc1ccccc1[C@H]1C(C(=O)C(C)C)=C(O)C(=O)N1c1ccc(-c2ccsc2)cc1. The van der Waals surface area contributed by atoms with Crippen LogP contribution in [-0.4, -0.2) is 23.9 Å². The molecule has 0 fully saturated rings. The van der Waals surface area contributed by atoms with Gasteiger partial charge in [-0.15, -0.1) is 0 Å². The number of benzene rings is 2. The number of nitrogens with zero attached hydrogens (tertiary/aromatic N) is 1. The number of thiophene rings is 1. The average Bonchev–Trinajstić information content (AvgIpc) is 3.42. The van der Waals surface area contributed by atoms with Crippen molar-refractivity contribution >= 4 is 28.7 Å². The van der Waals surface area contributed by atoms with Crippen LogP contribution in [0.5, 0.6) is 0 Å². The number of Topliss-reactive ketones (excluding diaryl/α,β-unsaturated/α-hetero) is 1. The van der Waals surface area contributed by atoms with Gasteiger partial charge in [0.1, 0.15) is 0 Å². The minimum atomic E-state index is -0.726. The molecule has 0 bridgehead atoms. The molecule has 164 valence electrons. The smallest absolute Gasteiger partial charge is 0.294 e. The maximum atomic E-state index is 13.2. The van der Waals surface area contributed by atoms with E-state index in [0.29, 0.717) is 12.3 Å². The lowest BCUT2D eigenvalue weighted by atomic mass is 9.89. The van der Waals surface area contributed by atoms with Gasteiger partial charge < -0.3 is 9.84 Å². The van der Waals surface area contributed by atoms with E-state index in [1.165, 1.54) is 4.90 Å². The number of methoxy groups -OCH3 is 1. The van der Waals surface area contributed by atoms with E-state index in [1.54, 1.807) is 32.3 Å². The standard InChI is InChI=1S/C26H25NO4S/c1-16(2)24(28)22-23(21-7-5-4-6-18(21)14-31-3)27(26(30)25(22)29)20-10-8-17(9-11-20)19-12-13-32-15-19/h4-13,15-16,23,29H,14H2,1-3H3/t23-/m0/s1. The van der Waals surface area contributed by atoms with Gasteiger partial charge in [0.15, 0.2) is 11.5 Å². The molecule has 1 aromatic heterocycles. The molecule has 1 atom stereocenters. The van der Waals surface area contributed by atoms with E-state index >= 15 is 0 Å². The monoisotopic (exact) mass is 447 g/mol. The van der Waals surface area contributed by atoms with Gasteiger partial charge in [0.2, 0.25) is 0 Å². The van der Waals surface area contributed by atoms with Crippen molar-refractivity contribution in [2.45, 2.75) is 26.5 Å². The Kier molecular flexibility index (Phi) is 6.26. The molecule has 6 heteroatoms. The van der Waals surface area contributed by atoms with Crippen LogP contribution >= 0.6 is 11.3 Å². The van der Waals surface area contributed by atoms with Gasteiger partial charge in [0.25, 0.3) is 5.91 Å². The highest BCUT2D eigenvalue weighted by atomic mass is 32.1. The molecule has 2 aromatic carbocycles. The highest BCUT2D eigenvalue weighted by Gasteiger charge is 2.45. The first kappa shape index (κ1) is 22.0. The lowest BCUT2D eigenvalue weighted by Gasteiger charge is -2.29. The van der Waals surface area contributed by atoms with Crippen molar-refractivity contribution in [3.63, 3.8) is 0 Å². The minimum absolute atomic E-state index is 0.135. The first-order valence-corrected chi connectivity index (χ1v) is 11.4. The predicted octanol–water partition coefficient (Wildman–Crippen LogP) is 5.69. The van der Waals surface area contributed by atoms with Crippen LogP contribution in [0.1, 0.15) is 31.0 Å². The van der Waals surface area contributed by atoms with Gasteiger partial charge in [0, 0.05) is 18.7 Å². The Bertz CT molecular complexity index is 1160. The van der Waals surface area contributed by atoms with Gasteiger partial charge >= 0.3 is 0 Å². The van der Waals surface area contributed by atoms with Crippen molar-refractivity contribution in [2.75, 3.05) is 12.0 Å². The van der Waals surface area contributed by atoms with E-state index in [4.69, 9.17) is 4.74 Å². The molecule has 32 heavy (non-hydrogen) atoms. The van der Waals surface area contributed by atoms with Gasteiger partial charge in [-0.2, -0.15) is 11.3 Å². The summed E-state index contributed by atoms with van der Waals surface area (Å²) in [5.41, 5.74) is 4.51. The number of ether oxygens (including phenoxy) is 1. The number of aliphatic hydroxyl groups is 1. The number of rotatable bonds is 7. The number of hydrogen-bond donors (Lipinski definition) is 1. The van der Waals surface area contributed by atoms with Crippen molar-refractivity contribution < 1.29 is 19.4 Å². The first-order valence-electron chi connectivity index (χ1n) is 10.4. The number of ketones is 1. The lowest BCUT2D eigenvalue weighted by Crippen LogP contribution is -2.32. The predicted molar refractivity (Wildman–Crippen MR) is 127 cm³/mol. The van der Waals surface area contributed by atoms with Gasteiger partial charge in [-0.25, -0.2) is 0 Å². The summed E-state index contributed by atoms with van der Waals surface area (Å²) >= 11 is 1.62. The second-order valence-electron chi connectivity index (χ2n) is 8.05. The molecule has 5 nitrogen and oxygen atoms in total. The molecule has 0 spiro atoms. The van der Waals surface area contributed by atoms with Crippen LogP contribution in [-0.2, 0) is 20.9 Å². The summed E-state index contributed by atoms with van der Waals surface area (Å²) in [6.07, 6.45) is 0. The zero-order valence-corrected chi connectivity index (χ0v) is 19.1. The van der Waals surface area contributed by atoms with E-state index in [-0.39, 0.29) is 17.3 Å². The van der Waals surface area contributed by atoms with E-state index in [2.05, 4.69) is 5.38 Å². The highest BCUT2D eigenvalue weighted by Crippen LogP contribution is 2.43. The summed E-state index contributed by atoms with van der Waals surface area (Å²) in [6.45, 7) is 3.86. The van der Waals surface area contributed by atoms with Crippen LogP contribution in [0.3, 0.4) is 0 Å². The number of hydrogen-bond acceptors (Lipinski definition) is 5. The molecule has 4 rings (SSSR count). The van der Waals surface area contributed by atoms with Crippen LogP contribution in [0.2, 0.25) is 0 Å². The molecule has 2 heterocycles. The van der Waals surface area contributed by atoms with Crippen LogP contribution < -0.4 is 4.90 Å². The van der Waals surface area contributed by atoms with E-state index < -0.39 is 17.7 Å². The molecule has 0 saturated carbocycles. The largest absolute Gasteiger partial charge is 0.503 e. The summed E-state index contributed by atoms with van der Waals surface area (Å²) in [7, 11) is 1.60. The van der Waals surface area contributed by atoms with Crippen molar-refractivity contribution in [3.8, 4) is 11.1 Å². The Morgan fingerprint density at radius 1 is 1.09 bits per heavy atom. The second kappa shape index (κ2) is 9.10. The molecule has 3 aromatic rings. The Morgan fingerprint density at radius 3 is 2.44 bits per heavy atom. The third kappa shape index (κ3) is 3.87. The molecule has 1 N–H and O–H groups in total. The second-order valence-corrected chi connectivity index (χ2v) is 8.83. The number of carbonyl (C=O) groups excluding carboxylic acids is 2. The van der Waals surface area contributed by atoms with Crippen LogP contribution in [0, 0.1) is 5.92 Å². The quantitative estimate of drug-likeness (QED) is 0.505. The fourth-order valence-electron chi connectivity index (χ4n) is 4.06. The van der Waals surface area contributed by atoms with Crippen LogP contribution in [0.4, 0.5) is 5.69 Å². The summed E-state index contributed by atoms with van der Waals surface area (Å²) < 4.78 is 5.36. The number of carbonyl (C=O) groups is 2. The average molecular weight is 448 g/mol. The van der Waals surface area contributed by atoms with Crippen LogP contribution in [0.25, 0.3) is 11.1 Å². The number of aliphatic hydroxyl groups excluding tert-OH is 1. The maximum absolute atomic E-state index is 13.2. The Balaban J connectivity index is 1.84. The van der Waals surface area contributed by atoms with Crippen molar-refractivity contribution in [3.05, 3.63) is 87.8 Å². The van der Waals surface area contributed by atoms with Gasteiger partial charge in [0.05, 0.1) is 18.2 Å². The van der Waals surface area contributed by atoms with Gasteiger partial charge in [-0.1, -0.05) is 50.2 Å². The molecular formula is C26H25NO4S. The summed E-state index contributed by atoms with van der Waals surface area (Å²) in [5, 5.41) is 14.9. The molecule has 0 aliphatic carbocycles. The normalized spacial score (nSPS) is 16.3. The maximum Gasteiger partial charge on any atom is 0.294 e. The zero-order chi connectivity index (χ0) is 22.8. The topological polar surface area (TPSA) is 66.8 Å². The Hall–Kier alpha value is -3.22. The zero-order valence-electron chi connectivity index (χ0n) is 18.2. The fraction of sp³-hybridized carbons (Fsp3) is 0.231. The Labute approximate surface area is 191 Å².